The average Bonchev–Trinajstić information content (AvgIpc) is 3.16. The first-order chi connectivity index (χ1) is 13.6. The van der Waals surface area contributed by atoms with Gasteiger partial charge in [-0.3, -0.25) is 14.5 Å². The minimum atomic E-state index is -0.514. The first-order valence-electron chi connectivity index (χ1n) is 9.55. The third-order valence-corrected chi connectivity index (χ3v) is 5.62. The molecule has 3 N–H and O–H groups in total. The zero-order valence-corrected chi connectivity index (χ0v) is 15.9. The number of anilines is 1. The molecule has 1 aromatic heterocycles. The molecule has 1 saturated carbocycles. The Morgan fingerprint density at radius 1 is 1.32 bits per heavy atom. The predicted molar refractivity (Wildman–Crippen MR) is 107 cm³/mol. The number of aliphatic hydroxyl groups is 1. The third-order valence-electron chi connectivity index (χ3n) is 5.62. The number of fused-ring (bicyclic) bond motifs is 1. The van der Waals surface area contributed by atoms with E-state index in [4.69, 9.17) is 15.6 Å². The van der Waals surface area contributed by atoms with E-state index in [9.17, 15) is 9.90 Å². The zero-order chi connectivity index (χ0) is 19.7. The molecule has 1 fully saturated rings. The summed E-state index contributed by atoms with van der Waals surface area (Å²) in [4.78, 5) is 17.6. The van der Waals surface area contributed by atoms with Crippen LogP contribution < -0.4 is 15.4 Å². The van der Waals surface area contributed by atoms with Crippen molar-refractivity contribution in [2.75, 3.05) is 25.3 Å². The molecule has 148 valence electrons. The quantitative estimate of drug-likeness (QED) is 0.821. The van der Waals surface area contributed by atoms with Crippen LogP contribution in [-0.4, -0.2) is 47.4 Å². The number of carbonyl (C=O) groups excluding carboxylic acids is 1. The summed E-state index contributed by atoms with van der Waals surface area (Å²) in [7, 11) is 1.61. The minimum absolute atomic E-state index is 0.271. The van der Waals surface area contributed by atoms with Crippen molar-refractivity contribution in [2.24, 2.45) is 16.6 Å². The highest BCUT2D eigenvalue weighted by Gasteiger charge is 2.23. The van der Waals surface area contributed by atoms with Crippen molar-refractivity contribution in [3.05, 3.63) is 30.1 Å². The number of ether oxygens (including phenoxy) is 1. The largest absolute Gasteiger partial charge is 0.494 e. The molecule has 0 atom stereocenters. The Morgan fingerprint density at radius 2 is 2.11 bits per heavy atom. The summed E-state index contributed by atoms with van der Waals surface area (Å²) in [5, 5.41) is 15.1. The molecule has 1 aliphatic carbocycles. The number of rotatable bonds is 5. The van der Waals surface area contributed by atoms with E-state index < -0.39 is 5.91 Å². The second kappa shape index (κ2) is 7.63. The molecule has 1 aromatic carbocycles. The predicted octanol–water partition coefficient (Wildman–Crippen LogP) is 1.99. The minimum Gasteiger partial charge on any atom is -0.494 e. The van der Waals surface area contributed by atoms with Gasteiger partial charge in [-0.2, -0.15) is 5.10 Å². The summed E-state index contributed by atoms with van der Waals surface area (Å²) in [6.45, 7) is 0.658. The van der Waals surface area contributed by atoms with E-state index in [1.807, 2.05) is 21.7 Å². The van der Waals surface area contributed by atoms with Gasteiger partial charge in [0, 0.05) is 36.7 Å². The van der Waals surface area contributed by atoms with Crippen LogP contribution in [0.15, 0.2) is 35.1 Å². The zero-order valence-electron chi connectivity index (χ0n) is 15.9. The molecule has 2 heterocycles. The van der Waals surface area contributed by atoms with Gasteiger partial charge < -0.3 is 20.5 Å². The molecular weight excluding hydrogens is 358 g/mol. The van der Waals surface area contributed by atoms with Crippen molar-refractivity contribution < 1.29 is 14.6 Å². The van der Waals surface area contributed by atoms with Gasteiger partial charge in [-0.25, -0.2) is 0 Å². The number of methoxy groups -OCH3 is 1. The number of aromatic nitrogens is 2. The number of aliphatic imine (C=N–C) groups is 1. The number of nitrogens with zero attached hydrogens (tertiary/aromatic N) is 4. The summed E-state index contributed by atoms with van der Waals surface area (Å²) >= 11 is 0. The van der Waals surface area contributed by atoms with Crippen molar-refractivity contribution in [1.82, 2.24) is 9.78 Å². The van der Waals surface area contributed by atoms with Gasteiger partial charge in [0.1, 0.15) is 12.4 Å². The number of benzene rings is 1. The van der Waals surface area contributed by atoms with Crippen LogP contribution >= 0.6 is 0 Å². The Bertz CT molecular complexity index is 941. The van der Waals surface area contributed by atoms with Gasteiger partial charge in [-0.05, 0) is 37.7 Å². The first kappa shape index (κ1) is 18.5. The standard InChI is InChI=1S/C20H25N5O3/c1-28-19-7-17-14(6-18(19)24-9-15(20(21)27)8-22-12-24)10-25(23-17)16-4-2-13(11-26)3-5-16/h6-10,13,16,26H,2-5,11-12H2,1H3,(H2,21,27). The number of primary amides is 1. The van der Waals surface area contributed by atoms with Crippen molar-refractivity contribution in [3.63, 3.8) is 0 Å². The van der Waals surface area contributed by atoms with Crippen LogP contribution in [0.5, 0.6) is 5.75 Å². The molecule has 0 bridgehead atoms. The Morgan fingerprint density at radius 3 is 2.79 bits per heavy atom. The topological polar surface area (TPSA) is 106 Å². The lowest BCUT2D eigenvalue weighted by Crippen LogP contribution is -2.26. The molecular formula is C20H25N5O3. The van der Waals surface area contributed by atoms with E-state index in [0.29, 0.717) is 30.0 Å². The summed E-state index contributed by atoms with van der Waals surface area (Å²) in [6.07, 6.45) is 9.35. The second-order valence-corrected chi connectivity index (χ2v) is 7.42. The highest BCUT2D eigenvalue weighted by Crippen LogP contribution is 2.36. The van der Waals surface area contributed by atoms with E-state index >= 15 is 0 Å². The maximum absolute atomic E-state index is 11.5. The van der Waals surface area contributed by atoms with Gasteiger partial charge in [-0.15, -0.1) is 0 Å². The Labute approximate surface area is 163 Å². The van der Waals surface area contributed by atoms with Crippen LogP contribution in [0.25, 0.3) is 10.9 Å². The number of carbonyl (C=O) groups is 1. The SMILES string of the molecule is COc1cc2nn(C3CCC(CO)CC3)cc2cc1N1C=C(C(N)=O)C=NC1. The van der Waals surface area contributed by atoms with Gasteiger partial charge in [0.05, 0.1) is 29.9 Å². The van der Waals surface area contributed by atoms with Crippen LogP contribution in [0, 0.1) is 5.92 Å². The number of aliphatic hydroxyl groups excluding tert-OH is 1. The van der Waals surface area contributed by atoms with Crippen molar-refractivity contribution in [3.8, 4) is 5.75 Å². The summed E-state index contributed by atoms with van der Waals surface area (Å²) in [5.74, 6) is 0.567. The van der Waals surface area contributed by atoms with Crippen LogP contribution in [0.1, 0.15) is 31.7 Å². The van der Waals surface area contributed by atoms with E-state index in [0.717, 1.165) is 42.3 Å². The third kappa shape index (κ3) is 3.47. The van der Waals surface area contributed by atoms with Crippen LogP contribution in [0.2, 0.25) is 0 Å². The molecule has 4 rings (SSSR count). The van der Waals surface area contributed by atoms with Crippen molar-refractivity contribution in [2.45, 2.75) is 31.7 Å². The molecule has 2 aromatic rings. The molecule has 1 amide bonds. The van der Waals surface area contributed by atoms with Gasteiger partial charge in [0.15, 0.2) is 0 Å². The number of hydrogen-bond donors (Lipinski definition) is 2. The fourth-order valence-corrected chi connectivity index (χ4v) is 3.97. The highest BCUT2D eigenvalue weighted by molar-refractivity contribution is 6.12. The van der Waals surface area contributed by atoms with E-state index in [1.165, 1.54) is 6.21 Å². The molecule has 8 nitrogen and oxygen atoms in total. The summed E-state index contributed by atoms with van der Waals surface area (Å²) in [5.41, 5.74) is 7.42. The monoisotopic (exact) mass is 383 g/mol. The fourth-order valence-electron chi connectivity index (χ4n) is 3.97. The number of amides is 1. The highest BCUT2D eigenvalue weighted by atomic mass is 16.5. The average molecular weight is 383 g/mol. The lowest BCUT2D eigenvalue weighted by Gasteiger charge is -2.27. The van der Waals surface area contributed by atoms with Gasteiger partial charge >= 0.3 is 0 Å². The normalized spacial score (nSPS) is 22.4. The maximum Gasteiger partial charge on any atom is 0.251 e. The van der Waals surface area contributed by atoms with Crippen LogP contribution in [0.4, 0.5) is 5.69 Å². The van der Waals surface area contributed by atoms with Crippen molar-refractivity contribution in [1.29, 1.82) is 0 Å². The fraction of sp³-hybridized carbons (Fsp3) is 0.450. The molecule has 1 aliphatic heterocycles. The Balaban J connectivity index is 1.65. The maximum atomic E-state index is 11.5. The lowest BCUT2D eigenvalue weighted by molar-refractivity contribution is -0.114. The van der Waals surface area contributed by atoms with Gasteiger partial charge in [0.25, 0.3) is 5.91 Å². The summed E-state index contributed by atoms with van der Waals surface area (Å²) < 4.78 is 7.61. The van der Waals surface area contributed by atoms with Gasteiger partial charge in [0.2, 0.25) is 0 Å². The molecule has 0 spiro atoms. The Kier molecular flexibility index (Phi) is 5.04. The first-order valence-corrected chi connectivity index (χ1v) is 9.55. The molecule has 0 radical (unpaired) electrons. The molecule has 2 aliphatic rings. The number of hydrogen-bond acceptors (Lipinski definition) is 6. The number of nitrogens with two attached hydrogens (primary N) is 1. The van der Waals surface area contributed by atoms with Crippen LogP contribution in [0.3, 0.4) is 0 Å². The van der Waals surface area contributed by atoms with E-state index in [1.54, 1.807) is 13.3 Å². The smallest absolute Gasteiger partial charge is 0.251 e. The Hall–Kier alpha value is -2.87. The molecule has 28 heavy (non-hydrogen) atoms. The van der Waals surface area contributed by atoms with Gasteiger partial charge in [-0.1, -0.05) is 0 Å². The van der Waals surface area contributed by atoms with E-state index in [-0.39, 0.29) is 6.61 Å². The van der Waals surface area contributed by atoms with Crippen molar-refractivity contribution >= 4 is 28.7 Å². The molecule has 0 saturated heterocycles. The molecule has 8 heteroatoms. The second-order valence-electron chi connectivity index (χ2n) is 7.42. The molecule has 0 unspecified atom stereocenters. The van der Waals surface area contributed by atoms with E-state index in [2.05, 4.69) is 11.2 Å². The summed E-state index contributed by atoms with van der Waals surface area (Å²) in [6, 6.07) is 4.27. The van der Waals surface area contributed by atoms with Crippen LogP contribution in [-0.2, 0) is 4.79 Å². The lowest BCUT2D eigenvalue weighted by atomic mass is 9.87.